The average molecular weight is 335 g/mol. The van der Waals surface area contributed by atoms with Gasteiger partial charge in [0.1, 0.15) is 10.8 Å². The number of nitrogens with zero attached hydrogens (tertiary/aromatic N) is 1. The SMILES string of the molecule is CCOc1ccc(C(=O)Nc2cc(Cl)c([N+](=O)[O-])cc2C)cc1. The molecule has 2 aromatic carbocycles. The number of ether oxygens (including phenoxy) is 1. The summed E-state index contributed by atoms with van der Waals surface area (Å²) in [4.78, 5) is 22.5. The van der Waals surface area contributed by atoms with E-state index in [2.05, 4.69) is 5.32 Å². The summed E-state index contributed by atoms with van der Waals surface area (Å²) in [5.41, 5.74) is 1.24. The van der Waals surface area contributed by atoms with Gasteiger partial charge in [0, 0.05) is 17.3 Å². The lowest BCUT2D eigenvalue weighted by Gasteiger charge is -2.10. The highest BCUT2D eigenvalue weighted by atomic mass is 35.5. The van der Waals surface area contributed by atoms with Crippen molar-refractivity contribution in [3.63, 3.8) is 0 Å². The zero-order valence-corrected chi connectivity index (χ0v) is 13.4. The van der Waals surface area contributed by atoms with Crippen LogP contribution in [0.2, 0.25) is 5.02 Å². The van der Waals surface area contributed by atoms with E-state index >= 15 is 0 Å². The zero-order chi connectivity index (χ0) is 17.0. The molecule has 0 spiro atoms. The number of halogens is 1. The molecule has 0 aliphatic heterocycles. The summed E-state index contributed by atoms with van der Waals surface area (Å²) in [5, 5.41) is 13.5. The first-order chi connectivity index (χ1) is 10.9. The second-order valence-corrected chi connectivity index (χ2v) is 5.19. The molecule has 0 unspecified atom stereocenters. The van der Waals surface area contributed by atoms with E-state index in [9.17, 15) is 14.9 Å². The highest BCUT2D eigenvalue weighted by Gasteiger charge is 2.16. The van der Waals surface area contributed by atoms with Crippen molar-refractivity contribution in [2.24, 2.45) is 0 Å². The van der Waals surface area contributed by atoms with Gasteiger partial charge in [0.2, 0.25) is 0 Å². The Morgan fingerprint density at radius 2 is 1.96 bits per heavy atom. The highest BCUT2D eigenvalue weighted by molar-refractivity contribution is 6.33. The minimum atomic E-state index is -0.562. The normalized spacial score (nSPS) is 10.2. The Morgan fingerprint density at radius 3 is 2.52 bits per heavy atom. The molecule has 0 saturated heterocycles. The first kappa shape index (κ1) is 16.8. The van der Waals surface area contributed by atoms with E-state index in [1.807, 2.05) is 6.92 Å². The first-order valence-corrected chi connectivity index (χ1v) is 7.29. The van der Waals surface area contributed by atoms with Gasteiger partial charge in [-0.05, 0) is 49.7 Å². The Bertz CT molecular complexity index is 744. The lowest BCUT2D eigenvalue weighted by molar-refractivity contribution is -0.384. The topological polar surface area (TPSA) is 81.5 Å². The molecule has 0 saturated carbocycles. The van der Waals surface area contributed by atoms with Crippen molar-refractivity contribution in [2.75, 3.05) is 11.9 Å². The Kier molecular flexibility index (Phi) is 5.18. The first-order valence-electron chi connectivity index (χ1n) is 6.91. The van der Waals surface area contributed by atoms with E-state index in [0.29, 0.717) is 29.2 Å². The van der Waals surface area contributed by atoms with Gasteiger partial charge in [0.15, 0.2) is 0 Å². The Morgan fingerprint density at radius 1 is 1.30 bits per heavy atom. The fourth-order valence-corrected chi connectivity index (χ4v) is 2.24. The molecule has 120 valence electrons. The number of amides is 1. The summed E-state index contributed by atoms with van der Waals surface area (Å²) in [5.74, 6) is 0.347. The van der Waals surface area contributed by atoms with Crippen molar-refractivity contribution >= 4 is 28.9 Å². The van der Waals surface area contributed by atoms with Crippen LogP contribution in [-0.2, 0) is 0 Å². The summed E-state index contributed by atoms with van der Waals surface area (Å²) in [7, 11) is 0. The molecule has 0 atom stereocenters. The van der Waals surface area contributed by atoms with E-state index < -0.39 is 4.92 Å². The smallest absolute Gasteiger partial charge is 0.288 e. The number of nitro groups is 1. The van der Waals surface area contributed by atoms with E-state index in [-0.39, 0.29) is 16.6 Å². The molecular formula is C16H15ClN2O4. The van der Waals surface area contributed by atoms with Crippen LogP contribution in [0, 0.1) is 17.0 Å². The number of rotatable bonds is 5. The minimum absolute atomic E-state index is 0.0254. The molecule has 7 heteroatoms. The van der Waals surface area contributed by atoms with Gasteiger partial charge in [-0.2, -0.15) is 0 Å². The number of aryl methyl sites for hydroxylation is 1. The maximum Gasteiger partial charge on any atom is 0.288 e. The van der Waals surface area contributed by atoms with Crippen molar-refractivity contribution < 1.29 is 14.5 Å². The van der Waals surface area contributed by atoms with Crippen LogP contribution in [0.3, 0.4) is 0 Å². The lowest BCUT2D eigenvalue weighted by atomic mass is 10.1. The van der Waals surface area contributed by atoms with Gasteiger partial charge in [-0.25, -0.2) is 0 Å². The van der Waals surface area contributed by atoms with Crippen molar-refractivity contribution in [1.29, 1.82) is 0 Å². The number of nitro benzene ring substituents is 1. The molecule has 0 bridgehead atoms. The molecule has 2 aromatic rings. The molecule has 2 rings (SSSR count). The number of benzene rings is 2. The molecule has 0 aliphatic carbocycles. The predicted molar refractivity (Wildman–Crippen MR) is 88.4 cm³/mol. The van der Waals surface area contributed by atoms with Crippen LogP contribution >= 0.6 is 11.6 Å². The number of hydrogen-bond donors (Lipinski definition) is 1. The van der Waals surface area contributed by atoms with Gasteiger partial charge in [0.25, 0.3) is 11.6 Å². The number of carbonyl (C=O) groups excluding carboxylic acids is 1. The number of carbonyl (C=O) groups is 1. The maximum atomic E-state index is 12.2. The molecule has 0 heterocycles. The van der Waals surface area contributed by atoms with Gasteiger partial charge in [-0.1, -0.05) is 11.6 Å². The molecule has 23 heavy (non-hydrogen) atoms. The summed E-state index contributed by atoms with van der Waals surface area (Å²) >= 11 is 5.87. The third-order valence-electron chi connectivity index (χ3n) is 3.17. The third-order valence-corrected chi connectivity index (χ3v) is 3.47. The molecular weight excluding hydrogens is 320 g/mol. The third kappa shape index (κ3) is 3.98. The summed E-state index contributed by atoms with van der Waals surface area (Å²) in [6.45, 7) is 4.09. The monoisotopic (exact) mass is 334 g/mol. The second-order valence-electron chi connectivity index (χ2n) is 4.79. The van der Waals surface area contributed by atoms with Crippen LogP contribution in [0.25, 0.3) is 0 Å². The van der Waals surface area contributed by atoms with Crippen LogP contribution in [-0.4, -0.2) is 17.4 Å². The van der Waals surface area contributed by atoms with Crippen LogP contribution in [0.1, 0.15) is 22.8 Å². The van der Waals surface area contributed by atoms with Gasteiger partial charge in [0.05, 0.1) is 11.5 Å². The van der Waals surface area contributed by atoms with E-state index in [1.165, 1.54) is 12.1 Å². The summed E-state index contributed by atoms with van der Waals surface area (Å²) < 4.78 is 5.32. The minimum Gasteiger partial charge on any atom is -0.494 e. The van der Waals surface area contributed by atoms with E-state index in [4.69, 9.17) is 16.3 Å². The largest absolute Gasteiger partial charge is 0.494 e. The van der Waals surface area contributed by atoms with Gasteiger partial charge in [-0.3, -0.25) is 14.9 Å². The highest BCUT2D eigenvalue weighted by Crippen LogP contribution is 2.30. The van der Waals surface area contributed by atoms with Crippen LogP contribution in [0.4, 0.5) is 11.4 Å². The molecule has 0 aliphatic rings. The lowest BCUT2D eigenvalue weighted by Crippen LogP contribution is -2.13. The molecule has 0 radical (unpaired) electrons. The van der Waals surface area contributed by atoms with Crippen molar-refractivity contribution in [3.05, 3.63) is 62.7 Å². The van der Waals surface area contributed by atoms with Crippen LogP contribution in [0.15, 0.2) is 36.4 Å². The summed E-state index contributed by atoms with van der Waals surface area (Å²) in [6, 6.07) is 9.39. The molecule has 0 fully saturated rings. The Hall–Kier alpha value is -2.60. The number of nitrogens with one attached hydrogen (secondary N) is 1. The van der Waals surface area contributed by atoms with Crippen molar-refractivity contribution in [2.45, 2.75) is 13.8 Å². The van der Waals surface area contributed by atoms with E-state index in [1.54, 1.807) is 31.2 Å². The number of hydrogen-bond acceptors (Lipinski definition) is 4. The second kappa shape index (κ2) is 7.11. The number of anilines is 1. The fourth-order valence-electron chi connectivity index (χ4n) is 2.00. The quantitative estimate of drug-likeness (QED) is 0.656. The Balaban J connectivity index is 2.20. The standard InChI is InChI=1S/C16H15ClN2O4/c1-3-23-12-6-4-11(5-7-12)16(20)18-14-9-13(17)15(19(21)22)8-10(14)2/h4-9H,3H2,1-2H3,(H,18,20). The van der Waals surface area contributed by atoms with Crippen LogP contribution < -0.4 is 10.1 Å². The van der Waals surface area contributed by atoms with Gasteiger partial charge in [-0.15, -0.1) is 0 Å². The fraction of sp³-hybridized carbons (Fsp3) is 0.188. The van der Waals surface area contributed by atoms with E-state index in [0.717, 1.165) is 0 Å². The zero-order valence-electron chi connectivity index (χ0n) is 12.6. The Labute approximate surface area is 138 Å². The van der Waals surface area contributed by atoms with Crippen molar-refractivity contribution in [3.8, 4) is 5.75 Å². The molecule has 1 amide bonds. The maximum absolute atomic E-state index is 12.2. The van der Waals surface area contributed by atoms with Gasteiger partial charge < -0.3 is 10.1 Å². The van der Waals surface area contributed by atoms with Crippen LogP contribution in [0.5, 0.6) is 5.75 Å². The average Bonchev–Trinajstić information content (AvgIpc) is 2.51. The van der Waals surface area contributed by atoms with Gasteiger partial charge >= 0.3 is 0 Å². The molecule has 6 nitrogen and oxygen atoms in total. The summed E-state index contributed by atoms with van der Waals surface area (Å²) in [6.07, 6.45) is 0. The predicted octanol–water partition coefficient (Wildman–Crippen LogP) is 4.21. The van der Waals surface area contributed by atoms with Crippen molar-refractivity contribution in [1.82, 2.24) is 0 Å². The molecule has 1 N–H and O–H groups in total. The molecule has 0 aromatic heterocycles.